The zero-order valence-electron chi connectivity index (χ0n) is 14.2. The first-order valence-corrected chi connectivity index (χ1v) is 11.2. The van der Waals surface area contributed by atoms with Crippen LogP contribution in [0.1, 0.15) is 12.8 Å². The van der Waals surface area contributed by atoms with Gasteiger partial charge in [-0.15, -0.1) is 0 Å². The van der Waals surface area contributed by atoms with E-state index in [0.717, 1.165) is 0 Å². The van der Waals surface area contributed by atoms with Crippen LogP contribution < -0.4 is 0 Å². The van der Waals surface area contributed by atoms with Gasteiger partial charge < -0.3 is 20.4 Å². The van der Waals surface area contributed by atoms with Gasteiger partial charge in [0.15, 0.2) is 9.02 Å². The third-order valence-corrected chi connectivity index (χ3v) is 9.39. The van der Waals surface area contributed by atoms with E-state index >= 15 is 0 Å². The Morgan fingerprint density at radius 1 is 0.821 bits per heavy atom. The molecule has 0 radical (unpaired) electrons. The van der Waals surface area contributed by atoms with Gasteiger partial charge in [-0.3, -0.25) is 0 Å². The van der Waals surface area contributed by atoms with Crippen molar-refractivity contribution in [1.29, 1.82) is 0 Å². The molecule has 4 unspecified atom stereocenters. The maximum atomic E-state index is 11.9. The van der Waals surface area contributed by atoms with E-state index in [-0.39, 0.29) is 24.0 Å². The number of hydrogen-bond acceptors (Lipinski definition) is 4. The van der Waals surface area contributed by atoms with E-state index in [0.29, 0.717) is 8.96 Å². The molecular weight excluding hydrogens is 632 g/mol. The molecule has 0 fully saturated rings. The van der Waals surface area contributed by atoms with Gasteiger partial charge in [-0.25, -0.2) is 9.59 Å². The molecule has 2 rings (SSSR count). The molecule has 0 aromatic rings. The lowest BCUT2D eigenvalue weighted by molar-refractivity contribution is -0.136. The highest BCUT2D eigenvalue weighted by Crippen LogP contribution is 2.45. The SMILES string of the molecule is O=C(O)/C(CC1C=CC=C(Br)C1(O)Br)=C(\CC1C=CC=C(Br)C1(O)Br)C(=O)O. The fourth-order valence-corrected chi connectivity index (χ4v) is 4.70. The molecular formula is C18H16Br4O6. The zero-order valence-corrected chi connectivity index (χ0v) is 20.5. The summed E-state index contributed by atoms with van der Waals surface area (Å²) >= 11 is 12.8. The Kier molecular flexibility index (Phi) is 7.72. The molecule has 0 saturated carbocycles. The molecule has 28 heavy (non-hydrogen) atoms. The third kappa shape index (κ3) is 4.96. The molecule has 0 aromatic carbocycles. The number of rotatable bonds is 6. The lowest BCUT2D eigenvalue weighted by atomic mass is 9.84. The van der Waals surface area contributed by atoms with Crippen molar-refractivity contribution >= 4 is 75.7 Å². The minimum atomic E-state index is -1.56. The standard InChI is InChI=1S/C18H16Br4O6/c19-13-5-1-3-9(17(13,21)27)7-11(15(23)24)12(16(25)26)8-10-4-2-6-14(20)18(10,22)28/h1-6,9-10,27-28H,7-8H2,(H,23,24)(H,25,26)/b12-11+. The average Bonchev–Trinajstić information content (AvgIpc) is 2.58. The van der Waals surface area contributed by atoms with Crippen LogP contribution in [0.4, 0.5) is 0 Å². The van der Waals surface area contributed by atoms with Gasteiger partial charge in [-0.05, 0) is 56.9 Å². The molecule has 0 aromatic heterocycles. The van der Waals surface area contributed by atoms with Gasteiger partial charge in [0.2, 0.25) is 0 Å². The first kappa shape index (κ1) is 23.8. The summed E-state index contributed by atoms with van der Waals surface area (Å²) in [5, 5.41) is 40.6. The lowest BCUT2D eigenvalue weighted by Crippen LogP contribution is -2.35. The second-order valence-electron chi connectivity index (χ2n) is 6.33. The molecule has 0 saturated heterocycles. The number of allylic oxidation sites excluding steroid dienone is 4. The lowest BCUT2D eigenvalue weighted by Gasteiger charge is -2.33. The number of aliphatic hydroxyl groups is 2. The number of hydrogen-bond donors (Lipinski definition) is 4. The van der Waals surface area contributed by atoms with E-state index in [2.05, 4.69) is 63.7 Å². The average molecular weight is 648 g/mol. The fourth-order valence-electron chi connectivity index (χ4n) is 2.92. The summed E-state index contributed by atoms with van der Waals surface area (Å²) < 4.78 is -2.32. The maximum Gasteiger partial charge on any atom is 0.332 e. The van der Waals surface area contributed by atoms with E-state index < -0.39 is 32.8 Å². The van der Waals surface area contributed by atoms with E-state index in [1.165, 1.54) is 0 Å². The Morgan fingerprint density at radius 2 is 1.14 bits per heavy atom. The number of carboxylic acids is 2. The van der Waals surface area contributed by atoms with E-state index in [9.17, 15) is 30.0 Å². The number of carboxylic acid groups (broad SMARTS) is 2. The normalized spacial score (nSPS) is 33.1. The first-order chi connectivity index (χ1) is 12.9. The van der Waals surface area contributed by atoms with Gasteiger partial charge in [-0.2, -0.15) is 0 Å². The number of aliphatic carboxylic acids is 2. The minimum absolute atomic E-state index is 0.230. The summed E-state index contributed by atoms with van der Waals surface area (Å²) in [7, 11) is 0. The number of carbonyl (C=O) groups is 2. The molecule has 0 spiro atoms. The number of halogens is 4. The zero-order chi connectivity index (χ0) is 21.3. The van der Waals surface area contributed by atoms with Crippen molar-refractivity contribution in [2.45, 2.75) is 21.9 Å². The van der Waals surface area contributed by atoms with Gasteiger partial charge >= 0.3 is 11.9 Å². The van der Waals surface area contributed by atoms with Gasteiger partial charge in [0.25, 0.3) is 0 Å². The van der Waals surface area contributed by atoms with E-state index in [1.807, 2.05) is 0 Å². The molecule has 152 valence electrons. The Morgan fingerprint density at radius 3 is 1.43 bits per heavy atom. The minimum Gasteiger partial charge on any atom is -0.478 e. The van der Waals surface area contributed by atoms with Crippen LogP contribution in [0.25, 0.3) is 0 Å². The predicted octanol–water partition coefficient (Wildman–Crippen LogP) is 4.33. The van der Waals surface area contributed by atoms with Crippen LogP contribution in [0.15, 0.2) is 56.6 Å². The van der Waals surface area contributed by atoms with Crippen molar-refractivity contribution in [1.82, 2.24) is 0 Å². The summed E-state index contributed by atoms with van der Waals surface area (Å²) in [6.07, 6.45) is 9.24. The summed E-state index contributed by atoms with van der Waals surface area (Å²) in [4.78, 5) is 23.8. The van der Waals surface area contributed by atoms with Gasteiger partial charge in [0, 0.05) is 31.9 Å². The molecule has 6 nitrogen and oxygen atoms in total. The molecule has 4 atom stereocenters. The predicted molar refractivity (Wildman–Crippen MR) is 119 cm³/mol. The van der Waals surface area contributed by atoms with Crippen LogP contribution in [0.3, 0.4) is 0 Å². The van der Waals surface area contributed by atoms with Crippen molar-refractivity contribution in [3.63, 3.8) is 0 Å². The topological polar surface area (TPSA) is 115 Å². The molecule has 0 bridgehead atoms. The first-order valence-electron chi connectivity index (χ1n) is 7.99. The highest BCUT2D eigenvalue weighted by Gasteiger charge is 2.41. The monoisotopic (exact) mass is 644 g/mol. The van der Waals surface area contributed by atoms with Gasteiger partial charge in [-0.1, -0.05) is 56.2 Å². The van der Waals surface area contributed by atoms with Crippen LogP contribution >= 0.6 is 63.7 Å². The Bertz CT molecular complexity index is 767. The molecule has 0 heterocycles. The summed E-state index contributed by atoms with van der Waals surface area (Å²) in [5.41, 5.74) is -0.686. The third-order valence-electron chi connectivity index (χ3n) is 4.55. The smallest absolute Gasteiger partial charge is 0.332 e. The van der Waals surface area contributed by atoms with E-state index in [1.54, 1.807) is 36.5 Å². The highest BCUT2D eigenvalue weighted by molar-refractivity contribution is 9.14. The van der Waals surface area contributed by atoms with Crippen LogP contribution in [-0.4, -0.2) is 41.4 Å². The van der Waals surface area contributed by atoms with Crippen molar-refractivity contribution in [3.05, 3.63) is 56.6 Å². The molecule has 2 aliphatic carbocycles. The second-order valence-corrected chi connectivity index (χ2v) is 10.5. The van der Waals surface area contributed by atoms with Crippen molar-refractivity contribution in [2.75, 3.05) is 0 Å². The van der Waals surface area contributed by atoms with Crippen LogP contribution in [-0.2, 0) is 9.59 Å². The van der Waals surface area contributed by atoms with Crippen molar-refractivity contribution in [3.8, 4) is 0 Å². The van der Waals surface area contributed by atoms with Gasteiger partial charge in [0.1, 0.15) is 0 Å². The fraction of sp³-hybridized carbons (Fsp3) is 0.333. The summed E-state index contributed by atoms with van der Waals surface area (Å²) in [6, 6.07) is 0. The van der Waals surface area contributed by atoms with Crippen molar-refractivity contribution < 1.29 is 30.0 Å². The second kappa shape index (κ2) is 9.09. The van der Waals surface area contributed by atoms with Crippen LogP contribution in [0.2, 0.25) is 0 Å². The van der Waals surface area contributed by atoms with E-state index in [4.69, 9.17) is 0 Å². The summed E-state index contributed by atoms with van der Waals surface area (Å²) in [5.74, 6) is -4.23. The molecule has 0 aliphatic heterocycles. The van der Waals surface area contributed by atoms with Crippen LogP contribution in [0, 0.1) is 11.8 Å². The Hall–Kier alpha value is -0.520. The van der Waals surface area contributed by atoms with Crippen molar-refractivity contribution in [2.24, 2.45) is 11.8 Å². The maximum absolute atomic E-state index is 11.9. The number of alkyl halides is 2. The molecule has 4 N–H and O–H groups in total. The quantitative estimate of drug-likeness (QED) is 0.252. The largest absolute Gasteiger partial charge is 0.478 e. The highest BCUT2D eigenvalue weighted by atomic mass is 79.9. The Labute approximate surface area is 194 Å². The van der Waals surface area contributed by atoms with Crippen LogP contribution in [0.5, 0.6) is 0 Å². The molecule has 2 aliphatic rings. The molecule has 10 heteroatoms. The Balaban J connectivity index is 2.43. The van der Waals surface area contributed by atoms with Gasteiger partial charge in [0.05, 0.1) is 0 Å². The summed E-state index contributed by atoms with van der Waals surface area (Å²) in [6.45, 7) is 0. The molecule has 0 amide bonds.